The SMILES string of the molecule is Cc1cc(N2CCN(CC(=O)N3c4ccccc4NC(=O)C[C@H]3C(F)(F)F)CC2)nc(C(C)C)n1. The highest BCUT2D eigenvalue weighted by atomic mass is 19.4. The minimum absolute atomic E-state index is 0.0574. The van der Waals surface area contributed by atoms with Gasteiger partial charge in [-0.15, -0.1) is 0 Å². The summed E-state index contributed by atoms with van der Waals surface area (Å²) in [7, 11) is 0. The van der Waals surface area contributed by atoms with E-state index in [1.54, 1.807) is 12.1 Å². The first-order valence-electron chi connectivity index (χ1n) is 11.6. The second kappa shape index (κ2) is 9.80. The number of hydrogen-bond acceptors (Lipinski definition) is 6. The Morgan fingerprint density at radius 1 is 1.14 bits per heavy atom. The van der Waals surface area contributed by atoms with Gasteiger partial charge in [0.05, 0.1) is 24.3 Å². The van der Waals surface area contributed by atoms with Crippen LogP contribution in [0.25, 0.3) is 0 Å². The topological polar surface area (TPSA) is 81.7 Å². The van der Waals surface area contributed by atoms with Crippen LogP contribution in [0, 0.1) is 6.92 Å². The molecule has 2 aliphatic heterocycles. The molecule has 11 heteroatoms. The summed E-state index contributed by atoms with van der Waals surface area (Å²) in [4.78, 5) is 39.2. The van der Waals surface area contributed by atoms with Crippen LogP contribution in [0.2, 0.25) is 0 Å². The zero-order valence-corrected chi connectivity index (χ0v) is 20.0. The second-order valence-electron chi connectivity index (χ2n) is 9.23. The van der Waals surface area contributed by atoms with Crippen molar-refractivity contribution in [3.05, 3.63) is 41.9 Å². The van der Waals surface area contributed by atoms with Crippen molar-refractivity contribution >= 4 is 29.0 Å². The average Bonchev–Trinajstić information content (AvgIpc) is 2.94. The normalized spacial score (nSPS) is 19.4. The minimum Gasteiger partial charge on any atom is -0.354 e. The summed E-state index contributed by atoms with van der Waals surface area (Å²) in [5, 5.41) is 2.49. The highest BCUT2D eigenvalue weighted by Crippen LogP contribution is 2.37. The molecule has 1 aromatic heterocycles. The number of carbonyl (C=O) groups is 2. The van der Waals surface area contributed by atoms with Gasteiger partial charge in [0.1, 0.15) is 17.7 Å². The fourth-order valence-corrected chi connectivity index (χ4v) is 4.39. The smallest absolute Gasteiger partial charge is 0.354 e. The lowest BCUT2D eigenvalue weighted by Crippen LogP contribution is -2.55. The maximum absolute atomic E-state index is 13.9. The molecule has 2 aromatic rings. The molecule has 1 saturated heterocycles. The summed E-state index contributed by atoms with van der Waals surface area (Å²) in [6.45, 7) is 7.96. The Hall–Kier alpha value is -3.21. The summed E-state index contributed by atoms with van der Waals surface area (Å²) >= 11 is 0. The van der Waals surface area contributed by atoms with E-state index in [0.29, 0.717) is 26.2 Å². The van der Waals surface area contributed by atoms with Gasteiger partial charge in [0.15, 0.2) is 0 Å². The summed E-state index contributed by atoms with van der Waals surface area (Å²) in [6.07, 6.45) is -5.59. The van der Waals surface area contributed by atoms with E-state index >= 15 is 0 Å². The first-order chi connectivity index (χ1) is 16.5. The molecule has 4 rings (SSSR count). The summed E-state index contributed by atoms with van der Waals surface area (Å²) in [5.41, 5.74) is 1.13. The Kier molecular flexibility index (Phi) is 6.98. The molecule has 1 aromatic carbocycles. The van der Waals surface area contributed by atoms with Crippen molar-refractivity contribution in [3.8, 4) is 0 Å². The molecule has 35 heavy (non-hydrogen) atoms. The molecular formula is C24H29F3N6O2. The van der Waals surface area contributed by atoms with Gasteiger partial charge in [-0.2, -0.15) is 13.2 Å². The van der Waals surface area contributed by atoms with Crippen LogP contribution in [-0.4, -0.2) is 71.6 Å². The number of rotatable bonds is 4. The van der Waals surface area contributed by atoms with Crippen LogP contribution in [0.5, 0.6) is 0 Å². The van der Waals surface area contributed by atoms with Gasteiger partial charge in [-0.1, -0.05) is 26.0 Å². The van der Waals surface area contributed by atoms with Crippen molar-refractivity contribution in [3.63, 3.8) is 0 Å². The number of para-hydroxylation sites is 2. The van der Waals surface area contributed by atoms with E-state index in [9.17, 15) is 22.8 Å². The highest BCUT2D eigenvalue weighted by molar-refractivity contribution is 6.05. The van der Waals surface area contributed by atoms with E-state index in [-0.39, 0.29) is 23.8 Å². The zero-order chi connectivity index (χ0) is 25.3. The number of aromatic nitrogens is 2. The lowest BCUT2D eigenvalue weighted by Gasteiger charge is -2.37. The first kappa shape index (κ1) is 24.9. The summed E-state index contributed by atoms with van der Waals surface area (Å²) in [5.74, 6) is 0.301. The lowest BCUT2D eigenvalue weighted by molar-refractivity contribution is -0.158. The van der Waals surface area contributed by atoms with E-state index in [1.165, 1.54) is 12.1 Å². The lowest BCUT2D eigenvalue weighted by atomic mass is 10.1. The van der Waals surface area contributed by atoms with Crippen molar-refractivity contribution in [2.24, 2.45) is 0 Å². The van der Waals surface area contributed by atoms with Crippen LogP contribution in [0.15, 0.2) is 30.3 Å². The number of amides is 2. The minimum atomic E-state index is -4.75. The number of carbonyl (C=O) groups excluding carboxylic acids is 2. The van der Waals surface area contributed by atoms with Crippen LogP contribution in [0.4, 0.5) is 30.4 Å². The number of halogens is 3. The molecule has 0 aliphatic carbocycles. The molecule has 188 valence electrons. The molecule has 0 spiro atoms. The summed E-state index contributed by atoms with van der Waals surface area (Å²) in [6, 6.07) is 5.78. The van der Waals surface area contributed by atoms with Crippen LogP contribution >= 0.6 is 0 Å². The fourth-order valence-electron chi connectivity index (χ4n) is 4.39. The number of benzene rings is 1. The van der Waals surface area contributed by atoms with Gasteiger partial charge in [-0.3, -0.25) is 19.4 Å². The predicted molar refractivity (Wildman–Crippen MR) is 127 cm³/mol. The number of piperazine rings is 1. The van der Waals surface area contributed by atoms with Gasteiger partial charge in [-0.05, 0) is 19.1 Å². The van der Waals surface area contributed by atoms with E-state index in [4.69, 9.17) is 0 Å². The molecule has 1 fully saturated rings. The monoisotopic (exact) mass is 490 g/mol. The third-order valence-corrected chi connectivity index (χ3v) is 6.20. The van der Waals surface area contributed by atoms with Crippen LogP contribution in [0.1, 0.15) is 37.7 Å². The van der Waals surface area contributed by atoms with Crippen molar-refractivity contribution in [1.82, 2.24) is 14.9 Å². The molecule has 3 heterocycles. The Morgan fingerprint density at radius 2 is 1.83 bits per heavy atom. The van der Waals surface area contributed by atoms with Gasteiger partial charge in [-0.25, -0.2) is 9.97 Å². The van der Waals surface area contributed by atoms with Gasteiger partial charge in [0.2, 0.25) is 11.8 Å². The zero-order valence-electron chi connectivity index (χ0n) is 20.0. The van der Waals surface area contributed by atoms with E-state index < -0.39 is 30.5 Å². The molecule has 2 aliphatic rings. The van der Waals surface area contributed by atoms with E-state index in [2.05, 4.69) is 20.2 Å². The number of nitrogens with zero attached hydrogens (tertiary/aromatic N) is 5. The largest absolute Gasteiger partial charge is 0.409 e. The Balaban J connectivity index is 1.49. The molecule has 0 saturated carbocycles. The number of hydrogen-bond donors (Lipinski definition) is 1. The fraction of sp³-hybridized carbons (Fsp3) is 0.500. The van der Waals surface area contributed by atoms with Crippen LogP contribution < -0.4 is 15.1 Å². The third-order valence-electron chi connectivity index (χ3n) is 6.20. The van der Waals surface area contributed by atoms with E-state index in [0.717, 1.165) is 22.2 Å². The molecule has 8 nitrogen and oxygen atoms in total. The van der Waals surface area contributed by atoms with Crippen LogP contribution in [0.3, 0.4) is 0 Å². The molecule has 0 bridgehead atoms. The number of fused-ring (bicyclic) bond motifs is 1. The molecule has 1 atom stereocenters. The Labute approximate surface area is 202 Å². The maximum atomic E-state index is 13.9. The van der Waals surface area contributed by atoms with Gasteiger partial charge < -0.3 is 10.2 Å². The van der Waals surface area contributed by atoms with Crippen molar-refractivity contribution in [2.45, 2.75) is 45.3 Å². The standard InChI is InChI=1S/C24H29F3N6O2/c1-15(2)23-28-16(3)12-20(30-23)32-10-8-31(9-11-32)14-22(35)33-18-7-5-4-6-17(18)29-21(34)13-19(33)24(25,26)27/h4-7,12,15,19H,8-11,13-14H2,1-3H3,(H,29,34)/t19-/m0/s1. The Morgan fingerprint density at radius 3 is 2.49 bits per heavy atom. The number of aryl methyl sites for hydroxylation is 1. The van der Waals surface area contributed by atoms with Crippen molar-refractivity contribution in [1.29, 1.82) is 0 Å². The highest BCUT2D eigenvalue weighted by Gasteiger charge is 2.49. The quantitative estimate of drug-likeness (QED) is 0.708. The van der Waals surface area contributed by atoms with Gasteiger partial charge >= 0.3 is 6.18 Å². The maximum Gasteiger partial charge on any atom is 0.409 e. The van der Waals surface area contributed by atoms with Gasteiger partial charge in [0, 0.05) is 43.9 Å². The number of nitrogens with one attached hydrogen (secondary N) is 1. The summed E-state index contributed by atoms with van der Waals surface area (Å²) < 4.78 is 41.8. The van der Waals surface area contributed by atoms with Crippen molar-refractivity contribution < 1.29 is 22.8 Å². The molecule has 1 N–H and O–H groups in total. The average molecular weight is 491 g/mol. The number of alkyl halides is 3. The predicted octanol–water partition coefficient (Wildman–Crippen LogP) is 3.34. The Bertz CT molecular complexity index is 1100. The van der Waals surface area contributed by atoms with Gasteiger partial charge in [0.25, 0.3) is 0 Å². The van der Waals surface area contributed by atoms with E-state index in [1.807, 2.05) is 31.7 Å². The second-order valence-corrected chi connectivity index (χ2v) is 9.23. The van der Waals surface area contributed by atoms with Crippen molar-refractivity contribution in [2.75, 3.05) is 47.8 Å². The first-order valence-corrected chi connectivity index (χ1v) is 11.6. The number of anilines is 3. The molecular weight excluding hydrogens is 461 g/mol. The molecule has 2 amide bonds. The molecule has 0 radical (unpaired) electrons. The third kappa shape index (κ3) is 5.55. The molecule has 0 unspecified atom stereocenters. The van der Waals surface area contributed by atoms with Crippen LogP contribution in [-0.2, 0) is 9.59 Å².